The second-order valence-corrected chi connectivity index (χ2v) is 5.47. The number of aromatic nitrogens is 5. The Morgan fingerprint density at radius 3 is 2.77 bits per heavy atom. The van der Waals surface area contributed by atoms with Gasteiger partial charge in [0.25, 0.3) is 5.91 Å². The number of anilines is 1. The number of ether oxygens (including phenoxy) is 1. The van der Waals surface area contributed by atoms with Crippen molar-refractivity contribution in [2.24, 2.45) is 0 Å². The fourth-order valence-electron chi connectivity index (χ4n) is 2.27. The van der Waals surface area contributed by atoms with E-state index in [1.807, 2.05) is 30.3 Å². The minimum Gasteiger partial charge on any atom is -0.454 e. The zero-order valence-electron chi connectivity index (χ0n) is 13.9. The second-order valence-electron chi connectivity index (χ2n) is 5.47. The first-order valence-electron chi connectivity index (χ1n) is 7.78. The summed E-state index contributed by atoms with van der Waals surface area (Å²) in [6, 6.07) is 10.1. The molecule has 26 heavy (non-hydrogen) atoms. The van der Waals surface area contributed by atoms with Crippen LogP contribution in [0.1, 0.15) is 17.4 Å². The minimum absolute atomic E-state index is 0.255. The largest absolute Gasteiger partial charge is 0.454 e. The molecule has 1 aromatic carbocycles. The number of benzene rings is 1. The van der Waals surface area contributed by atoms with Gasteiger partial charge in [0.15, 0.2) is 18.5 Å². The summed E-state index contributed by atoms with van der Waals surface area (Å²) in [6.07, 6.45) is 1.65. The highest BCUT2D eigenvalue weighted by Crippen LogP contribution is 2.15. The molecule has 0 spiro atoms. The zero-order valence-corrected chi connectivity index (χ0v) is 13.9. The predicted molar refractivity (Wildman–Crippen MR) is 87.8 cm³/mol. The second kappa shape index (κ2) is 8.01. The van der Waals surface area contributed by atoms with E-state index in [1.54, 1.807) is 13.0 Å². The quantitative estimate of drug-likeness (QED) is 0.620. The lowest BCUT2D eigenvalue weighted by molar-refractivity contribution is -0.151. The van der Waals surface area contributed by atoms with Gasteiger partial charge in [-0.1, -0.05) is 35.5 Å². The van der Waals surface area contributed by atoms with E-state index in [-0.39, 0.29) is 5.82 Å². The molecule has 3 rings (SSSR count). The summed E-state index contributed by atoms with van der Waals surface area (Å²) in [5.41, 5.74) is 0.910. The monoisotopic (exact) mass is 356 g/mol. The van der Waals surface area contributed by atoms with Crippen molar-refractivity contribution in [3.63, 3.8) is 0 Å². The van der Waals surface area contributed by atoms with E-state index in [0.717, 1.165) is 5.56 Å². The van der Waals surface area contributed by atoms with Crippen LogP contribution in [0.15, 0.2) is 47.2 Å². The SMILES string of the molecule is Cc1cc(NC(=O)COC(=O)[C@H](Cc2ccccc2)n2cnnn2)no1. The third-order valence-electron chi connectivity index (χ3n) is 3.47. The first-order valence-corrected chi connectivity index (χ1v) is 7.78. The van der Waals surface area contributed by atoms with Crippen molar-refractivity contribution in [2.75, 3.05) is 11.9 Å². The molecular weight excluding hydrogens is 340 g/mol. The number of carbonyl (C=O) groups is 2. The van der Waals surface area contributed by atoms with Gasteiger partial charge in [-0.15, -0.1) is 5.10 Å². The van der Waals surface area contributed by atoms with E-state index in [9.17, 15) is 9.59 Å². The number of carbonyl (C=O) groups excluding carboxylic acids is 2. The Kier molecular flexibility index (Phi) is 5.32. The number of aryl methyl sites for hydroxylation is 1. The van der Waals surface area contributed by atoms with E-state index < -0.39 is 24.5 Å². The number of tetrazole rings is 1. The van der Waals surface area contributed by atoms with Crippen LogP contribution in [0, 0.1) is 6.92 Å². The van der Waals surface area contributed by atoms with Crippen molar-refractivity contribution in [3.8, 4) is 0 Å². The summed E-state index contributed by atoms with van der Waals surface area (Å²) in [6.45, 7) is 1.24. The molecule has 0 bridgehead atoms. The van der Waals surface area contributed by atoms with Gasteiger partial charge in [-0.05, 0) is 22.9 Å². The zero-order chi connectivity index (χ0) is 18.4. The highest BCUT2D eigenvalue weighted by molar-refractivity contribution is 5.92. The molecule has 10 nitrogen and oxygen atoms in total. The van der Waals surface area contributed by atoms with E-state index >= 15 is 0 Å². The summed E-state index contributed by atoms with van der Waals surface area (Å²) >= 11 is 0. The first kappa shape index (κ1) is 17.3. The first-order chi connectivity index (χ1) is 12.6. The Morgan fingerprint density at radius 2 is 2.12 bits per heavy atom. The molecule has 3 aromatic rings. The molecule has 0 radical (unpaired) electrons. The summed E-state index contributed by atoms with van der Waals surface area (Å²) in [5.74, 6) is -0.335. The van der Waals surface area contributed by atoms with Gasteiger partial charge in [-0.3, -0.25) is 4.79 Å². The van der Waals surface area contributed by atoms with E-state index in [2.05, 4.69) is 26.0 Å². The minimum atomic E-state index is -0.783. The summed E-state index contributed by atoms with van der Waals surface area (Å²) in [4.78, 5) is 24.3. The third kappa shape index (κ3) is 4.50. The summed E-state index contributed by atoms with van der Waals surface area (Å²) < 4.78 is 11.3. The highest BCUT2D eigenvalue weighted by atomic mass is 16.5. The van der Waals surface area contributed by atoms with Crippen molar-refractivity contribution in [3.05, 3.63) is 54.0 Å². The van der Waals surface area contributed by atoms with Crippen LogP contribution in [0.5, 0.6) is 0 Å². The Bertz CT molecular complexity index is 862. The fourth-order valence-corrected chi connectivity index (χ4v) is 2.27. The van der Waals surface area contributed by atoms with Crippen molar-refractivity contribution in [2.45, 2.75) is 19.4 Å². The highest BCUT2D eigenvalue weighted by Gasteiger charge is 2.24. The average molecular weight is 356 g/mol. The van der Waals surface area contributed by atoms with Crippen LogP contribution < -0.4 is 5.32 Å². The van der Waals surface area contributed by atoms with Gasteiger partial charge in [0.1, 0.15) is 12.1 Å². The molecule has 1 N–H and O–H groups in total. The molecule has 1 amide bonds. The molecular formula is C16H16N6O4. The van der Waals surface area contributed by atoms with Crippen LogP contribution in [0.4, 0.5) is 5.82 Å². The number of nitrogens with one attached hydrogen (secondary N) is 1. The van der Waals surface area contributed by atoms with Crippen molar-refractivity contribution in [1.29, 1.82) is 0 Å². The maximum absolute atomic E-state index is 12.5. The predicted octanol–water partition coefficient (Wildman–Crippen LogP) is 0.935. The normalized spacial score (nSPS) is 11.7. The molecule has 1 atom stereocenters. The van der Waals surface area contributed by atoms with Crippen LogP contribution in [-0.2, 0) is 20.7 Å². The average Bonchev–Trinajstić information content (AvgIpc) is 3.30. The van der Waals surface area contributed by atoms with Crippen LogP contribution in [0.25, 0.3) is 0 Å². The van der Waals surface area contributed by atoms with Gasteiger partial charge in [-0.25, -0.2) is 9.48 Å². The topological polar surface area (TPSA) is 125 Å². The number of amides is 1. The molecule has 10 heteroatoms. The molecule has 0 unspecified atom stereocenters. The number of esters is 1. The molecule has 0 aliphatic carbocycles. The molecule has 0 aliphatic rings. The number of rotatable bonds is 7. The number of nitrogens with zero attached hydrogens (tertiary/aromatic N) is 5. The smallest absolute Gasteiger partial charge is 0.331 e. The Morgan fingerprint density at radius 1 is 1.31 bits per heavy atom. The maximum atomic E-state index is 12.5. The standard InChI is InChI=1S/C16H16N6O4/c1-11-7-14(19-26-11)18-15(23)9-25-16(24)13(22-10-17-20-21-22)8-12-5-3-2-4-6-12/h2-7,10,13H,8-9H2,1H3,(H,18,19,23)/t13-/m0/s1. The van der Waals surface area contributed by atoms with Gasteiger partial charge in [-0.2, -0.15) is 0 Å². The lowest BCUT2D eigenvalue weighted by Crippen LogP contribution is -2.28. The summed E-state index contributed by atoms with van der Waals surface area (Å²) in [7, 11) is 0. The summed E-state index contributed by atoms with van der Waals surface area (Å²) in [5, 5.41) is 17.0. The van der Waals surface area contributed by atoms with Crippen molar-refractivity contribution in [1.82, 2.24) is 25.4 Å². The maximum Gasteiger partial charge on any atom is 0.331 e. The lowest BCUT2D eigenvalue weighted by Gasteiger charge is -2.15. The third-order valence-corrected chi connectivity index (χ3v) is 3.47. The van der Waals surface area contributed by atoms with E-state index in [0.29, 0.717) is 12.2 Å². The molecule has 0 fully saturated rings. The van der Waals surface area contributed by atoms with Gasteiger partial charge < -0.3 is 14.6 Å². The van der Waals surface area contributed by atoms with E-state index in [1.165, 1.54) is 11.0 Å². The van der Waals surface area contributed by atoms with Gasteiger partial charge in [0.05, 0.1) is 0 Å². The Balaban J connectivity index is 1.61. The molecule has 2 aromatic heterocycles. The van der Waals surface area contributed by atoms with Crippen LogP contribution in [-0.4, -0.2) is 43.8 Å². The Labute approximate surface area is 148 Å². The molecule has 0 saturated carbocycles. The van der Waals surface area contributed by atoms with Crippen molar-refractivity contribution < 1.29 is 18.8 Å². The molecule has 0 saturated heterocycles. The fraction of sp³-hybridized carbons (Fsp3) is 0.250. The van der Waals surface area contributed by atoms with Gasteiger partial charge in [0, 0.05) is 12.5 Å². The lowest BCUT2D eigenvalue weighted by atomic mass is 10.1. The number of hydrogen-bond donors (Lipinski definition) is 1. The Hall–Kier alpha value is -3.56. The van der Waals surface area contributed by atoms with Gasteiger partial charge in [0.2, 0.25) is 0 Å². The van der Waals surface area contributed by atoms with Crippen LogP contribution >= 0.6 is 0 Å². The molecule has 134 valence electrons. The van der Waals surface area contributed by atoms with Crippen molar-refractivity contribution >= 4 is 17.7 Å². The molecule has 0 aliphatic heterocycles. The molecule has 2 heterocycles. The van der Waals surface area contributed by atoms with Crippen LogP contribution in [0.2, 0.25) is 0 Å². The van der Waals surface area contributed by atoms with Crippen LogP contribution in [0.3, 0.4) is 0 Å². The van der Waals surface area contributed by atoms with Gasteiger partial charge >= 0.3 is 5.97 Å². The van der Waals surface area contributed by atoms with E-state index in [4.69, 9.17) is 9.26 Å². The number of hydrogen-bond acceptors (Lipinski definition) is 8.